The van der Waals surface area contributed by atoms with Crippen LogP contribution in [0.4, 0.5) is 5.69 Å². The highest BCUT2D eigenvalue weighted by molar-refractivity contribution is 14.1. The van der Waals surface area contributed by atoms with Crippen LogP contribution in [-0.2, 0) is 9.59 Å². The molecule has 0 atom stereocenters. The van der Waals surface area contributed by atoms with Crippen LogP contribution >= 0.6 is 45.8 Å². The lowest BCUT2D eigenvalue weighted by molar-refractivity contribution is -0.126. The van der Waals surface area contributed by atoms with Crippen LogP contribution in [0.15, 0.2) is 35.4 Å². The zero-order valence-corrected chi connectivity index (χ0v) is 20.0. The number of nitrogens with zero attached hydrogens (tertiary/aromatic N) is 1. The summed E-state index contributed by atoms with van der Waals surface area (Å²) in [5.74, 6) is 0.116. The van der Waals surface area contributed by atoms with E-state index in [1.54, 1.807) is 31.4 Å². The summed E-state index contributed by atoms with van der Waals surface area (Å²) in [7, 11) is 1.55. The third-order valence-corrected chi connectivity index (χ3v) is 5.27. The van der Waals surface area contributed by atoms with Crippen molar-refractivity contribution in [2.24, 2.45) is 5.10 Å². The molecule has 0 spiro atoms. The number of benzene rings is 2. The van der Waals surface area contributed by atoms with Crippen molar-refractivity contribution >= 4 is 69.5 Å². The van der Waals surface area contributed by atoms with Gasteiger partial charge in [0, 0.05) is 0 Å². The standard InChI is InChI=1S/C20H20Cl2IN3O4/c1-3-7-30-20-14(23)8-12(9-16(20)29-2)11-24-26-18(28)10-17(27)25-15-6-4-5-13(21)19(15)22/h4-6,8-9,11H,3,7,10H2,1-2H3,(H,25,27)(H,26,28). The van der Waals surface area contributed by atoms with Crippen molar-refractivity contribution in [1.82, 2.24) is 5.43 Å². The fourth-order valence-electron chi connectivity index (χ4n) is 2.32. The van der Waals surface area contributed by atoms with Gasteiger partial charge in [-0.25, -0.2) is 5.43 Å². The number of halogens is 3. The summed E-state index contributed by atoms with van der Waals surface area (Å²) in [6.07, 6.45) is 1.91. The minimum atomic E-state index is -0.577. The van der Waals surface area contributed by atoms with Gasteiger partial charge in [0.2, 0.25) is 11.8 Å². The molecule has 0 aliphatic carbocycles. The van der Waals surface area contributed by atoms with Crippen molar-refractivity contribution in [1.29, 1.82) is 0 Å². The first-order valence-corrected chi connectivity index (χ1v) is 10.7. The predicted octanol–water partition coefficient (Wildman–Crippen LogP) is 4.87. The Bertz CT molecular complexity index is 954. The SMILES string of the molecule is CCCOc1c(I)cc(C=NNC(=O)CC(=O)Nc2cccc(Cl)c2Cl)cc1OC. The highest BCUT2D eigenvalue weighted by atomic mass is 127. The number of hydrogen-bond acceptors (Lipinski definition) is 5. The molecule has 0 aliphatic rings. The van der Waals surface area contributed by atoms with Gasteiger partial charge in [0.1, 0.15) is 6.42 Å². The lowest BCUT2D eigenvalue weighted by atomic mass is 10.2. The molecule has 0 saturated heterocycles. The molecule has 0 unspecified atom stereocenters. The number of carbonyl (C=O) groups is 2. The number of hydrogen-bond donors (Lipinski definition) is 2. The smallest absolute Gasteiger partial charge is 0.249 e. The van der Waals surface area contributed by atoms with Gasteiger partial charge in [-0.05, 0) is 58.8 Å². The first kappa shape index (κ1) is 24.2. The molecule has 2 aromatic rings. The average molecular weight is 564 g/mol. The number of rotatable bonds is 9. The summed E-state index contributed by atoms with van der Waals surface area (Å²) in [5.41, 5.74) is 3.35. The Morgan fingerprint density at radius 3 is 2.70 bits per heavy atom. The second-order valence-electron chi connectivity index (χ2n) is 6.00. The quantitative estimate of drug-likeness (QED) is 0.197. The number of methoxy groups -OCH3 is 1. The molecule has 2 rings (SSSR count). The third-order valence-electron chi connectivity index (χ3n) is 3.65. The van der Waals surface area contributed by atoms with E-state index in [9.17, 15) is 9.59 Å². The van der Waals surface area contributed by atoms with Crippen molar-refractivity contribution in [3.8, 4) is 11.5 Å². The van der Waals surface area contributed by atoms with Crippen molar-refractivity contribution in [2.45, 2.75) is 19.8 Å². The topological polar surface area (TPSA) is 89.0 Å². The van der Waals surface area contributed by atoms with E-state index in [4.69, 9.17) is 32.7 Å². The Hall–Kier alpha value is -2.04. The van der Waals surface area contributed by atoms with Gasteiger partial charge in [-0.2, -0.15) is 5.10 Å². The maximum Gasteiger partial charge on any atom is 0.249 e. The maximum absolute atomic E-state index is 12.0. The van der Waals surface area contributed by atoms with E-state index < -0.39 is 18.2 Å². The van der Waals surface area contributed by atoms with Gasteiger partial charge in [-0.15, -0.1) is 0 Å². The van der Waals surface area contributed by atoms with Crippen molar-refractivity contribution in [2.75, 3.05) is 19.0 Å². The molecule has 2 amide bonds. The summed E-state index contributed by atoms with van der Waals surface area (Å²) in [4.78, 5) is 24.0. The van der Waals surface area contributed by atoms with Crippen LogP contribution in [0, 0.1) is 3.57 Å². The first-order chi connectivity index (χ1) is 14.3. The van der Waals surface area contributed by atoms with Gasteiger partial charge in [0.05, 0.1) is 39.2 Å². The molecule has 30 heavy (non-hydrogen) atoms. The molecule has 0 heterocycles. The fourth-order valence-corrected chi connectivity index (χ4v) is 3.45. The Morgan fingerprint density at radius 1 is 1.23 bits per heavy atom. The van der Waals surface area contributed by atoms with E-state index >= 15 is 0 Å². The van der Waals surface area contributed by atoms with Crippen molar-refractivity contribution in [3.05, 3.63) is 49.5 Å². The molecule has 2 N–H and O–H groups in total. The molecule has 160 valence electrons. The van der Waals surface area contributed by atoms with E-state index in [0.29, 0.717) is 34.4 Å². The lowest BCUT2D eigenvalue weighted by Gasteiger charge is -2.12. The Balaban J connectivity index is 1.94. The maximum atomic E-state index is 12.0. The van der Waals surface area contributed by atoms with Gasteiger partial charge < -0.3 is 14.8 Å². The van der Waals surface area contributed by atoms with Crippen LogP contribution in [0.3, 0.4) is 0 Å². The Morgan fingerprint density at radius 2 is 2.00 bits per heavy atom. The minimum absolute atomic E-state index is 0.209. The monoisotopic (exact) mass is 563 g/mol. The van der Waals surface area contributed by atoms with Crippen molar-refractivity contribution < 1.29 is 19.1 Å². The molecule has 0 aromatic heterocycles. The molecule has 0 fully saturated rings. The number of anilines is 1. The molecule has 7 nitrogen and oxygen atoms in total. The van der Waals surface area contributed by atoms with Crippen molar-refractivity contribution in [3.63, 3.8) is 0 Å². The fraction of sp³-hybridized carbons (Fsp3) is 0.250. The van der Waals surface area contributed by atoms with E-state index in [-0.39, 0.29) is 5.02 Å². The summed E-state index contributed by atoms with van der Waals surface area (Å²) >= 11 is 14.1. The van der Waals surface area contributed by atoms with E-state index in [1.165, 1.54) is 6.21 Å². The van der Waals surface area contributed by atoms with Gasteiger partial charge in [-0.3, -0.25) is 9.59 Å². The van der Waals surface area contributed by atoms with E-state index in [2.05, 4.69) is 38.4 Å². The summed E-state index contributed by atoms with van der Waals surface area (Å²) < 4.78 is 11.9. The highest BCUT2D eigenvalue weighted by Crippen LogP contribution is 2.33. The molecule has 10 heteroatoms. The Kier molecular flexibility index (Phi) is 9.67. The van der Waals surface area contributed by atoms with Crippen LogP contribution in [0.25, 0.3) is 0 Å². The average Bonchev–Trinajstić information content (AvgIpc) is 2.70. The molecule has 0 saturated carbocycles. The van der Waals surface area contributed by atoms with Gasteiger partial charge in [-0.1, -0.05) is 36.2 Å². The van der Waals surface area contributed by atoms with Crippen LogP contribution in [-0.4, -0.2) is 31.7 Å². The second kappa shape index (κ2) is 12.0. The van der Waals surface area contributed by atoms with Gasteiger partial charge in [0.25, 0.3) is 0 Å². The van der Waals surface area contributed by atoms with Gasteiger partial charge in [0.15, 0.2) is 11.5 Å². The zero-order chi connectivity index (χ0) is 22.1. The number of nitrogens with one attached hydrogen (secondary N) is 2. The summed E-state index contributed by atoms with van der Waals surface area (Å²) in [5, 5.41) is 6.94. The number of ether oxygens (including phenoxy) is 2. The van der Waals surface area contributed by atoms with E-state index in [1.807, 2.05) is 13.0 Å². The third kappa shape index (κ3) is 7.03. The van der Waals surface area contributed by atoms with Crippen LogP contribution in [0.5, 0.6) is 11.5 Å². The minimum Gasteiger partial charge on any atom is -0.493 e. The number of hydrazone groups is 1. The van der Waals surface area contributed by atoms with Crippen LogP contribution < -0.4 is 20.2 Å². The predicted molar refractivity (Wildman–Crippen MR) is 127 cm³/mol. The normalized spacial score (nSPS) is 10.7. The summed E-state index contributed by atoms with van der Waals surface area (Å²) in [6, 6.07) is 8.42. The highest BCUT2D eigenvalue weighted by Gasteiger charge is 2.13. The summed E-state index contributed by atoms with van der Waals surface area (Å²) in [6.45, 7) is 2.60. The van der Waals surface area contributed by atoms with Crippen LogP contribution in [0.2, 0.25) is 10.0 Å². The number of amides is 2. The number of carbonyl (C=O) groups excluding carboxylic acids is 2. The largest absolute Gasteiger partial charge is 0.493 e. The molecular formula is C20H20Cl2IN3O4. The Labute approximate surface area is 198 Å². The molecule has 2 aromatic carbocycles. The molecular weight excluding hydrogens is 544 g/mol. The first-order valence-electron chi connectivity index (χ1n) is 8.91. The van der Waals surface area contributed by atoms with Gasteiger partial charge >= 0.3 is 0 Å². The zero-order valence-electron chi connectivity index (χ0n) is 16.3. The van der Waals surface area contributed by atoms with E-state index in [0.717, 1.165) is 9.99 Å². The van der Waals surface area contributed by atoms with Crippen LogP contribution in [0.1, 0.15) is 25.3 Å². The second-order valence-corrected chi connectivity index (χ2v) is 7.95. The lowest BCUT2D eigenvalue weighted by Crippen LogP contribution is -2.24. The molecule has 0 bridgehead atoms. The molecule has 0 radical (unpaired) electrons. The molecule has 0 aliphatic heterocycles.